The molecule has 0 aliphatic carbocycles. The van der Waals surface area contributed by atoms with Crippen molar-refractivity contribution < 1.29 is 14.6 Å². The highest BCUT2D eigenvalue weighted by Gasteiger charge is 2.14. The molecule has 1 N–H and O–H groups in total. The number of morpholine rings is 1. The summed E-state index contributed by atoms with van der Waals surface area (Å²) < 4.78 is 5.40. The Morgan fingerprint density at radius 2 is 1.88 bits per heavy atom. The number of para-hydroxylation sites is 1. The second-order valence-corrected chi connectivity index (χ2v) is 6.03. The van der Waals surface area contributed by atoms with E-state index in [1.165, 1.54) is 0 Å². The van der Waals surface area contributed by atoms with E-state index in [4.69, 9.17) is 4.74 Å². The minimum Gasteiger partial charge on any atom is -0.507 e. The van der Waals surface area contributed by atoms with E-state index < -0.39 is 0 Å². The lowest BCUT2D eigenvalue weighted by molar-refractivity contribution is 0.112. The Morgan fingerprint density at radius 1 is 1.08 bits per heavy atom. The second kappa shape index (κ2) is 6.53. The largest absolute Gasteiger partial charge is 0.507 e. The number of benzene rings is 2. The van der Waals surface area contributed by atoms with Crippen LogP contribution in [0.1, 0.15) is 10.4 Å². The smallest absolute Gasteiger partial charge is 0.150 e. The van der Waals surface area contributed by atoms with Gasteiger partial charge in [-0.3, -0.25) is 4.79 Å². The minimum absolute atomic E-state index is 0.149. The van der Waals surface area contributed by atoms with Gasteiger partial charge in [-0.1, -0.05) is 12.1 Å². The number of fused-ring (bicyclic) bond motifs is 1. The van der Waals surface area contributed by atoms with Crippen molar-refractivity contribution in [3.63, 3.8) is 0 Å². The number of phenolic OH excluding ortho intramolecular Hbond substituents is 1. The molecular weight excluding hydrogens is 316 g/mol. The van der Waals surface area contributed by atoms with Gasteiger partial charge in [-0.15, -0.1) is 0 Å². The molecule has 25 heavy (non-hydrogen) atoms. The van der Waals surface area contributed by atoms with E-state index in [9.17, 15) is 9.90 Å². The lowest BCUT2D eigenvalue weighted by Crippen LogP contribution is -2.36. The summed E-state index contributed by atoms with van der Waals surface area (Å²) in [6.07, 6.45) is 0.844. The molecule has 5 heteroatoms. The normalized spacial score (nSPS) is 14.6. The minimum atomic E-state index is 0.149. The van der Waals surface area contributed by atoms with Gasteiger partial charge in [-0.2, -0.15) is 0 Å². The Kier molecular flexibility index (Phi) is 4.07. The first kappa shape index (κ1) is 15.6. The highest BCUT2D eigenvalue weighted by Crippen LogP contribution is 2.31. The summed E-state index contributed by atoms with van der Waals surface area (Å²) in [6, 6.07) is 14.7. The Balaban J connectivity index is 1.83. The molecule has 0 amide bonds. The van der Waals surface area contributed by atoms with E-state index >= 15 is 0 Å². The van der Waals surface area contributed by atoms with Crippen LogP contribution in [0.3, 0.4) is 0 Å². The van der Waals surface area contributed by atoms with E-state index in [-0.39, 0.29) is 5.75 Å². The third-order valence-corrected chi connectivity index (χ3v) is 4.51. The van der Waals surface area contributed by atoms with Gasteiger partial charge < -0.3 is 14.7 Å². The van der Waals surface area contributed by atoms with Gasteiger partial charge in [0.2, 0.25) is 0 Å². The van der Waals surface area contributed by atoms with E-state index in [1.54, 1.807) is 24.3 Å². The number of aromatic hydroxyl groups is 1. The maximum absolute atomic E-state index is 11.7. The van der Waals surface area contributed by atoms with Crippen molar-refractivity contribution >= 4 is 22.9 Å². The van der Waals surface area contributed by atoms with Crippen LogP contribution in [0, 0.1) is 0 Å². The molecule has 1 saturated heterocycles. The molecule has 126 valence electrons. The molecule has 3 aromatic rings. The van der Waals surface area contributed by atoms with Gasteiger partial charge >= 0.3 is 0 Å². The SMILES string of the molecule is O=Cc1cc(-c2ccccc2O)nc2ccc(N3CCOCC3)cc12. The molecule has 1 aliphatic rings. The van der Waals surface area contributed by atoms with Crippen LogP contribution in [0.5, 0.6) is 5.75 Å². The number of nitrogens with zero attached hydrogens (tertiary/aromatic N) is 2. The highest BCUT2D eigenvalue weighted by molar-refractivity contribution is 5.99. The van der Waals surface area contributed by atoms with Crippen molar-refractivity contribution in [1.29, 1.82) is 0 Å². The predicted octanol–water partition coefficient (Wildman–Crippen LogP) is 3.26. The number of carbonyl (C=O) groups excluding carboxylic acids is 1. The lowest BCUT2D eigenvalue weighted by atomic mass is 10.0. The molecule has 2 heterocycles. The van der Waals surface area contributed by atoms with Crippen LogP contribution in [0.2, 0.25) is 0 Å². The second-order valence-electron chi connectivity index (χ2n) is 6.03. The molecule has 0 spiro atoms. The molecule has 0 radical (unpaired) electrons. The monoisotopic (exact) mass is 334 g/mol. The van der Waals surface area contributed by atoms with Crippen LogP contribution < -0.4 is 4.90 Å². The van der Waals surface area contributed by atoms with E-state index in [1.807, 2.05) is 24.3 Å². The Hall–Kier alpha value is -2.92. The highest BCUT2D eigenvalue weighted by atomic mass is 16.5. The molecule has 5 nitrogen and oxygen atoms in total. The first-order valence-electron chi connectivity index (χ1n) is 8.27. The van der Waals surface area contributed by atoms with Crippen molar-refractivity contribution in [3.8, 4) is 17.0 Å². The fourth-order valence-electron chi connectivity index (χ4n) is 3.18. The van der Waals surface area contributed by atoms with Crippen molar-refractivity contribution in [2.45, 2.75) is 0 Å². The van der Waals surface area contributed by atoms with Crippen LogP contribution in [0.15, 0.2) is 48.5 Å². The average Bonchev–Trinajstić information content (AvgIpc) is 2.67. The molecule has 0 saturated carbocycles. The summed E-state index contributed by atoms with van der Waals surface area (Å²) in [5, 5.41) is 10.9. The summed E-state index contributed by atoms with van der Waals surface area (Å²) in [4.78, 5) is 18.5. The summed E-state index contributed by atoms with van der Waals surface area (Å²) in [5.74, 6) is 0.149. The molecule has 1 fully saturated rings. The van der Waals surface area contributed by atoms with Crippen LogP contribution in [0.25, 0.3) is 22.2 Å². The molecule has 2 aromatic carbocycles. The van der Waals surface area contributed by atoms with Gasteiger partial charge in [0.25, 0.3) is 0 Å². The average molecular weight is 334 g/mol. The molecule has 4 rings (SSSR count). The van der Waals surface area contributed by atoms with Crippen LogP contribution in [-0.2, 0) is 4.74 Å². The fourth-order valence-corrected chi connectivity index (χ4v) is 3.18. The van der Waals surface area contributed by atoms with Gasteiger partial charge in [-0.25, -0.2) is 4.98 Å². The number of phenols is 1. The van der Waals surface area contributed by atoms with Crippen LogP contribution in [-0.4, -0.2) is 42.7 Å². The first-order valence-corrected chi connectivity index (χ1v) is 8.27. The number of rotatable bonds is 3. The quantitative estimate of drug-likeness (QED) is 0.745. The zero-order valence-corrected chi connectivity index (χ0v) is 13.7. The number of carbonyl (C=O) groups is 1. The molecule has 1 aromatic heterocycles. The Bertz CT molecular complexity index is 933. The zero-order valence-electron chi connectivity index (χ0n) is 13.7. The number of pyridine rings is 1. The maximum atomic E-state index is 11.7. The Labute approximate surface area is 145 Å². The maximum Gasteiger partial charge on any atom is 0.150 e. The third kappa shape index (κ3) is 2.94. The fraction of sp³-hybridized carbons (Fsp3) is 0.200. The summed E-state index contributed by atoms with van der Waals surface area (Å²) in [7, 11) is 0. The number of aldehydes is 1. The van der Waals surface area contributed by atoms with E-state index in [0.29, 0.717) is 30.0 Å². The van der Waals surface area contributed by atoms with Crippen molar-refractivity contribution in [2.75, 3.05) is 31.2 Å². The molecule has 0 unspecified atom stereocenters. The van der Waals surface area contributed by atoms with Crippen molar-refractivity contribution in [1.82, 2.24) is 4.98 Å². The number of hydrogen-bond donors (Lipinski definition) is 1. The molecule has 0 atom stereocenters. The van der Waals surface area contributed by atoms with Gasteiger partial charge in [0.05, 0.1) is 24.4 Å². The van der Waals surface area contributed by atoms with Crippen LogP contribution >= 0.6 is 0 Å². The number of hydrogen-bond acceptors (Lipinski definition) is 5. The molecule has 1 aliphatic heterocycles. The summed E-state index contributed by atoms with van der Waals surface area (Å²) in [5.41, 5.74) is 3.57. The topological polar surface area (TPSA) is 62.7 Å². The van der Waals surface area contributed by atoms with E-state index in [2.05, 4.69) is 9.88 Å². The van der Waals surface area contributed by atoms with Crippen molar-refractivity contribution in [2.24, 2.45) is 0 Å². The van der Waals surface area contributed by atoms with Gasteiger partial charge in [-0.05, 0) is 36.4 Å². The van der Waals surface area contributed by atoms with E-state index in [0.717, 1.165) is 36.0 Å². The van der Waals surface area contributed by atoms with Gasteiger partial charge in [0.15, 0.2) is 6.29 Å². The van der Waals surface area contributed by atoms with Gasteiger partial charge in [0.1, 0.15) is 5.75 Å². The molecule has 0 bridgehead atoms. The number of anilines is 1. The number of ether oxygens (including phenoxy) is 1. The van der Waals surface area contributed by atoms with Crippen LogP contribution in [0.4, 0.5) is 5.69 Å². The first-order chi connectivity index (χ1) is 12.3. The Morgan fingerprint density at radius 3 is 2.64 bits per heavy atom. The van der Waals surface area contributed by atoms with Crippen molar-refractivity contribution in [3.05, 3.63) is 54.1 Å². The molecular formula is C20H18N2O3. The zero-order chi connectivity index (χ0) is 17.2. The van der Waals surface area contributed by atoms with Gasteiger partial charge in [0, 0.05) is 35.3 Å². The lowest BCUT2D eigenvalue weighted by Gasteiger charge is -2.29. The number of aromatic nitrogens is 1. The standard InChI is InChI=1S/C20H18N2O3/c23-13-14-11-19(16-3-1-2-4-20(16)24)21-18-6-5-15(12-17(14)18)22-7-9-25-10-8-22/h1-6,11-13,24H,7-10H2. The summed E-state index contributed by atoms with van der Waals surface area (Å²) in [6.45, 7) is 3.10. The third-order valence-electron chi connectivity index (χ3n) is 4.51. The summed E-state index contributed by atoms with van der Waals surface area (Å²) >= 11 is 0. The predicted molar refractivity (Wildman–Crippen MR) is 97.3 cm³/mol.